The van der Waals surface area contributed by atoms with Gasteiger partial charge in [0, 0.05) is 18.2 Å². The van der Waals surface area contributed by atoms with Gasteiger partial charge in [-0.1, -0.05) is 6.92 Å². The van der Waals surface area contributed by atoms with Crippen molar-refractivity contribution in [3.05, 3.63) is 29.3 Å². The summed E-state index contributed by atoms with van der Waals surface area (Å²) in [6.07, 6.45) is 0.736. The number of carbonyl (C=O) groups is 1. The molecule has 5 heteroatoms. The summed E-state index contributed by atoms with van der Waals surface area (Å²) >= 11 is 0. The number of halogens is 2. The second kappa shape index (κ2) is 4.41. The van der Waals surface area contributed by atoms with E-state index in [1.165, 1.54) is 11.0 Å². The van der Waals surface area contributed by atoms with Gasteiger partial charge in [0.1, 0.15) is 17.7 Å². The highest BCUT2D eigenvalue weighted by molar-refractivity contribution is 6.04. The molecule has 92 valence electrons. The first kappa shape index (κ1) is 12.0. The Balaban J connectivity index is 2.56. The van der Waals surface area contributed by atoms with E-state index in [2.05, 4.69) is 5.32 Å². The van der Waals surface area contributed by atoms with Gasteiger partial charge in [-0.15, -0.1) is 0 Å². The molecule has 1 aromatic rings. The van der Waals surface area contributed by atoms with Crippen molar-refractivity contribution in [3.63, 3.8) is 0 Å². The number of nitrogens with zero attached hydrogens (tertiary/aromatic N) is 1. The van der Waals surface area contributed by atoms with Crippen LogP contribution in [0.25, 0.3) is 0 Å². The van der Waals surface area contributed by atoms with Gasteiger partial charge in [-0.2, -0.15) is 0 Å². The van der Waals surface area contributed by atoms with Crippen molar-refractivity contribution in [1.82, 2.24) is 5.32 Å². The summed E-state index contributed by atoms with van der Waals surface area (Å²) in [5.74, 6) is -1.56. The van der Waals surface area contributed by atoms with E-state index in [-0.39, 0.29) is 11.5 Å². The summed E-state index contributed by atoms with van der Waals surface area (Å²) in [7, 11) is 1.59. The summed E-state index contributed by atoms with van der Waals surface area (Å²) in [5.41, 5.74) is 0.584. The maximum absolute atomic E-state index is 13.7. The summed E-state index contributed by atoms with van der Waals surface area (Å²) in [6.45, 7) is 2.38. The van der Waals surface area contributed by atoms with Gasteiger partial charge < -0.3 is 10.2 Å². The van der Waals surface area contributed by atoms with Gasteiger partial charge in [0.15, 0.2) is 0 Å². The highest BCUT2D eigenvalue weighted by Gasteiger charge is 2.38. The molecule has 0 bridgehead atoms. The third-order valence-electron chi connectivity index (χ3n) is 2.90. The minimum atomic E-state index is -0.711. The molecule has 0 aromatic heterocycles. The molecule has 17 heavy (non-hydrogen) atoms. The first-order valence-electron chi connectivity index (χ1n) is 5.57. The third kappa shape index (κ3) is 1.80. The number of rotatable bonds is 3. The van der Waals surface area contributed by atoms with E-state index in [1.54, 1.807) is 7.05 Å². The van der Waals surface area contributed by atoms with Gasteiger partial charge >= 0.3 is 0 Å². The summed E-state index contributed by atoms with van der Waals surface area (Å²) in [5, 5.41) is 2.76. The molecular weight excluding hydrogens is 226 g/mol. The molecule has 0 aliphatic carbocycles. The van der Waals surface area contributed by atoms with Crippen LogP contribution in [0.4, 0.5) is 14.5 Å². The number of anilines is 1. The smallest absolute Gasteiger partial charge is 0.248 e. The Morgan fingerprint density at radius 3 is 2.71 bits per heavy atom. The highest BCUT2D eigenvalue weighted by atomic mass is 19.1. The lowest BCUT2D eigenvalue weighted by molar-refractivity contribution is -0.119. The largest absolute Gasteiger partial charge is 0.310 e. The predicted molar refractivity (Wildman–Crippen MR) is 60.8 cm³/mol. The number of carbonyl (C=O) groups excluding carboxylic acids is 1. The first-order chi connectivity index (χ1) is 8.10. The van der Waals surface area contributed by atoms with E-state index in [9.17, 15) is 13.6 Å². The predicted octanol–water partition coefficient (Wildman–Crippen LogP) is 1.98. The van der Waals surface area contributed by atoms with Crippen LogP contribution in [0.5, 0.6) is 0 Å². The Kier molecular flexibility index (Phi) is 3.11. The van der Waals surface area contributed by atoms with Crippen LogP contribution in [0.3, 0.4) is 0 Å². The molecule has 2 rings (SSSR count). The molecule has 0 saturated heterocycles. The minimum absolute atomic E-state index is 0.228. The maximum Gasteiger partial charge on any atom is 0.248 e. The zero-order chi connectivity index (χ0) is 12.6. The maximum atomic E-state index is 13.7. The monoisotopic (exact) mass is 240 g/mol. The molecule has 1 aliphatic heterocycles. The molecule has 0 saturated carbocycles. The van der Waals surface area contributed by atoms with E-state index in [1.807, 2.05) is 6.92 Å². The van der Waals surface area contributed by atoms with Gasteiger partial charge in [-0.05, 0) is 19.5 Å². The number of hydrogen-bond acceptors (Lipinski definition) is 2. The topological polar surface area (TPSA) is 32.3 Å². The van der Waals surface area contributed by atoms with Crippen molar-refractivity contribution < 1.29 is 13.6 Å². The SMILES string of the molecule is CCCN1C(=O)C(NC)c2c(F)cc(F)cc21. The van der Waals surface area contributed by atoms with Crippen molar-refractivity contribution in [2.45, 2.75) is 19.4 Å². The Morgan fingerprint density at radius 2 is 2.12 bits per heavy atom. The van der Waals surface area contributed by atoms with Gasteiger partial charge in [0.05, 0.1) is 5.69 Å². The fraction of sp³-hybridized carbons (Fsp3) is 0.417. The average Bonchev–Trinajstić information content (AvgIpc) is 2.53. The van der Waals surface area contributed by atoms with Crippen LogP contribution in [0.15, 0.2) is 12.1 Å². The molecule has 1 aromatic carbocycles. The highest BCUT2D eigenvalue weighted by Crippen LogP contribution is 2.38. The number of likely N-dealkylation sites (N-methyl/N-ethyl adjacent to an activating group) is 1. The second-order valence-electron chi connectivity index (χ2n) is 4.03. The molecule has 0 fully saturated rings. The van der Waals surface area contributed by atoms with E-state index >= 15 is 0 Å². The minimum Gasteiger partial charge on any atom is -0.310 e. The Labute approximate surface area is 98.4 Å². The molecule has 1 N–H and O–H groups in total. The van der Waals surface area contributed by atoms with Crippen LogP contribution >= 0.6 is 0 Å². The van der Waals surface area contributed by atoms with Gasteiger partial charge in [0.2, 0.25) is 5.91 Å². The number of nitrogens with one attached hydrogen (secondary N) is 1. The lowest BCUT2D eigenvalue weighted by Gasteiger charge is -2.16. The lowest BCUT2D eigenvalue weighted by Crippen LogP contribution is -2.33. The Morgan fingerprint density at radius 1 is 1.41 bits per heavy atom. The fourth-order valence-electron chi connectivity index (χ4n) is 2.20. The van der Waals surface area contributed by atoms with E-state index in [0.717, 1.165) is 12.5 Å². The van der Waals surface area contributed by atoms with Crippen molar-refractivity contribution in [3.8, 4) is 0 Å². The standard InChI is InChI=1S/C12H14F2N2O/c1-3-4-16-9-6-7(13)5-8(14)10(9)11(15-2)12(16)17/h5-6,11,15H,3-4H2,1-2H3. The number of fused-ring (bicyclic) bond motifs is 1. The second-order valence-corrected chi connectivity index (χ2v) is 4.03. The van der Waals surface area contributed by atoms with Crippen LogP contribution in [-0.4, -0.2) is 19.5 Å². The zero-order valence-electron chi connectivity index (χ0n) is 9.76. The van der Waals surface area contributed by atoms with Crippen molar-refractivity contribution in [2.24, 2.45) is 0 Å². The van der Waals surface area contributed by atoms with Gasteiger partial charge in [-0.25, -0.2) is 8.78 Å². The molecule has 1 amide bonds. The number of benzene rings is 1. The molecule has 3 nitrogen and oxygen atoms in total. The summed E-state index contributed by atoms with van der Waals surface area (Å²) < 4.78 is 26.9. The van der Waals surface area contributed by atoms with Crippen LogP contribution in [-0.2, 0) is 4.79 Å². The van der Waals surface area contributed by atoms with E-state index < -0.39 is 17.7 Å². The lowest BCUT2D eigenvalue weighted by atomic mass is 10.1. The van der Waals surface area contributed by atoms with Crippen molar-refractivity contribution in [1.29, 1.82) is 0 Å². The van der Waals surface area contributed by atoms with Crippen LogP contribution < -0.4 is 10.2 Å². The van der Waals surface area contributed by atoms with Gasteiger partial charge in [0.25, 0.3) is 0 Å². The molecule has 0 spiro atoms. The van der Waals surface area contributed by atoms with E-state index in [0.29, 0.717) is 12.2 Å². The molecule has 0 radical (unpaired) electrons. The molecule has 1 heterocycles. The summed E-state index contributed by atoms with van der Waals surface area (Å²) in [4.78, 5) is 13.5. The molecule has 1 aliphatic rings. The van der Waals surface area contributed by atoms with Crippen molar-refractivity contribution >= 4 is 11.6 Å². The number of hydrogen-bond donors (Lipinski definition) is 1. The Bertz CT molecular complexity index is 462. The van der Waals surface area contributed by atoms with Gasteiger partial charge in [-0.3, -0.25) is 4.79 Å². The Hall–Kier alpha value is -1.49. The molecule has 1 unspecified atom stereocenters. The zero-order valence-corrected chi connectivity index (χ0v) is 9.76. The fourth-order valence-corrected chi connectivity index (χ4v) is 2.20. The molecular formula is C12H14F2N2O. The average molecular weight is 240 g/mol. The quantitative estimate of drug-likeness (QED) is 0.876. The van der Waals surface area contributed by atoms with Crippen LogP contribution in [0.1, 0.15) is 24.9 Å². The first-order valence-corrected chi connectivity index (χ1v) is 5.57. The number of amides is 1. The van der Waals surface area contributed by atoms with Crippen LogP contribution in [0.2, 0.25) is 0 Å². The normalized spacial score (nSPS) is 18.7. The van der Waals surface area contributed by atoms with Crippen molar-refractivity contribution in [2.75, 3.05) is 18.5 Å². The third-order valence-corrected chi connectivity index (χ3v) is 2.90. The molecule has 1 atom stereocenters. The summed E-state index contributed by atoms with van der Waals surface area (Å²) in [6, 6.07) is 1.31. The van der Waals surface area contributed by atoms with Crippen LogP contribution in [0, 0.1) is 11.6 Å². The van der Waals surface area contributed by atoms with E-state index in [4.69, 9.17) is 0 Å².